The third-order valence-electron chi connectivity index (χ3n) is 8.59. The Morgan fingerprint density at radius 3 is 2.15 bits per heavy atom. The van der Waals surface area contributed by atoms with E-state index in [9.17, 15) is 24.3 Å². The molecule has 5 rings (SSSR count). The standard InChI is InChI=1S/C41H45N5O7/c1-27(2)20-34(37(47)23-38(48)53-32-17-7-4-8-18-32)44-40(50)36(22-31-24-42-26-43-31)45-39(49)35(46-41(51)52-25-28-12-5-3-6-13-28)21-30-16-11-15-29-14-9-10-19-33(29)30/h3-19,24,26-27,34-37,47H,20-23,25H2,1-2H3,(H,42,43)(H,44,50)(H,45,49)(H,46,51)/t34?,35-,36-,37?/m0/s1. The second-order valence-electron chi connectivity index (χ2n) is 13.2. The van der Waals surface area contributed by atoms with Crippen molar-refractivity contribution < 1.29 is 33.8 Å². The van der Waals surface area contributed by atoms with Crippen molar-refractivity contribution in [2.24, 2.45) is 5.92 Å². The molecule has 1 aromatic heterocycles. The number of fused-ring (bicyclic) bond motifs is 1. The van der Waals surface area contributed by atoms with Crippen LogP contribution in [0.15, 0.2) is 116 Å². The van der Waals surface area contributed by atoms with Gasteiger partial charge in [0.25, 0.3) is 0 Å². The summed E-state index contributed by atoms with van der Waals surface area (Å²) >= 11 is 0. The summed E-state index contributed by atoms with van der Waals surface area (Å²) in [5, 5.41) is 21.4. The van der Waals surface area contributed by atoms with E-state index in [0.29, 0.717) is 17.9 Å². The Morgan fingerprint density at radius 2 is 1.43 bits per heavy atom. The fourth-order valence-electron chi connectivity index (χ4n) is 5.98. The summed E-state index contributed by atoms with van der Waals surface area (Å²) in [7, 11) is 0. The Balaban J connectivity index is 1.34. The van der Waals surface area contributed by atoms with Crippen LogP contribution in [-0.2, 0) is 38.6 Å². The molecule has 0 saturated heterocycles. The van der Waals surface area contributed by atoms with Crippen LogP contribution in [0.5, 0.6) is 5.75 Å². The monoisotopic (exact) mass is 719 g/mol. The summed E-state index contributed by atoms with van der Waals surface area (Å²) < 4.78 is 10.8. The largest absolute Gasteiger partial charge is 0.445 e. The fourth-order valence-corrected chi connectivity index (χ4v) is 5.98. The number of carbonyl (C=O) groups excluding carboxylic acids is 4. The maximum atomic E-state index is 14.2. The summed E-state index contributed by atoms with van der Waals surface area (Å²) in [5.74, 6) is -1.51. The lowest BCUT2D eigenvalue weighted by molar-refractivity contribution is -0.138. The first-order valence-electron chi connectivity index (χ1n) is 17.6. The van der Waals surface area contributed by atoms with Crippen molar-refractivity contribution in [3.63, 3.8) is 0 Å². The number of carbonyl (C=O) groups is 4. The van der Waals surface area contributed by atoms with Crippen molar-refractivity contribution in [2.75, 3.05) is 0 Å². The molecule has 0 fully saturated rings. The molecule has 0 bridgehead atoms. The molecule has 4 aromatic carbocycles. The van der Waals surface area contributed by atoms with E-state index in [1.165, 1.54) is 6.33 Å². The lowest BCUT2D eigenvalue weighted by Gasteiger charge is -2.28. The highest BCUT2D eigenvalue weighted by Gasteiger charge is 2.32. The number of ether oxygens (including phenoxy) is 2. The Morgan fingerprint density at radius 1 is 0.774 bits per heavy atom. The summed E-state index contributed by atoms with van der Waals surface area (Å²) in [4.78, 5) is 61.1. The number of benzene rings is 4. The van der Waals surface area contributed by atoms with E-state index in [1.54, 1.807) is 36.5 Å². The SMILES string of the molecule is CC(C)CC(NC(=O)[C@H](Cc1c[nH]cn1)NC(=O)[C@H](Cc1cccc2ccccc12)NC(=O)OCc1ccccc1)C(O)CC(=O)Oc1ccccc1. The molecule has 5 N–H and O–H groups in total. The van der Waals surface area contributed by atoms with Crippen LogP contribution in [0.1, 0.15) is 43.5 Å². The van der Waals surface area contributed by atoms with Crippen molar-refractivity contribution >= 4 is 34.6 Å². The number of aromatic nitrogens is 2. The number of amides is 3. The average molecular weight is 720 g/mol. The van der Waals surface area contributed by atoms with Gasteiger partial charge in [0.1, 0.15) is 24.4 Å². The van der Waals surface area contributed by atoms with Crippen LogP contribution in [0.25, 0.3) is 10.8 Å². The van der Waals surface area contributed by atoms with Gasteiger partial charge in [0.05, 0.1) is 30.6 Å². The topological polar surface area (TPSA) is 172 Å². The second-order valence-corrected chi connectivity index (χ2v) is 13.2. The predicted octanol–water partition coefficient (Wildman–Crippen LogP) is 5.02. The molecule has 0 radical (unpaired) electrons. The predicted molar refractivity (Wildman–Crippen MR) is 200 cm³/mol. The number of hydrogen-bond donors (Lipinski definition) is 5. The minimum Gasteiger partial charge on any atom is -0.445 e. The van der Waals surface area contributed by atoms with Gasteiger partial charge in [0.15, 0.2) is 0 Å². The van der Waals surface area contributed by atoms with Crippen LogP contribution in [0.3, 0.4) is 0 Å². The Kier molecular flexibility index (Phi) is 13.7. The van der Waals surface area contributed by atoms with E-state index in [0.717, 1.165) is 21.9 Å². The maximum absolute atomic E-state index is 14.2. The summed E-state index contributed by atoms with van der Waals surface area (Å²) in [6.07, 6.45) is 1.06. The number of rotatable bonds is 17. The molecule has 0 aliphatic heterocycles. The van der Waals surface area contributed by atoms with Crippen molar-refractivity contribution in [3.8, 4) is 5.75 Å². The molecule has 0 spiro atoms. The highest BCUT2D eigenvalue weighted by atomic mass is 16.5. The zero-order valence-electron chi connectivity index (χ0n) is 29.7. The summed E-state index contributed by atoms with van der Waals surface area (Å²) in [6.45, 7) is 3.85. The third kappa shape index (κ3) is 11.8. The molecule has 53 heavy (non-hydrogen) atoms. The van der Waals surface area contributed by atoms with Gasteiger partial charge in [-0.15, -0.1) is 0 Å². The normalized spacial score (nSPS) is 13.4. The number of para-hydroxylation sites is 1. The van der Waals surface area contributed by atoms with E-state index in [1.807, 2.05) is 86.6 Å². The van der Waals surface area contributed by atoms with Crippen LogP contribution < -0.4 is 20.7 Å². The smallest absolute Gasteiger partial charge is 0.408 e. The van der Waals surface area contributed by atoms with Gasteiger partial charge in [-0.2, -0.15) is 0 Å². The minimum absolute atomic E-state index is 0.00105. The zero-order chi connectivity index (χ0) is 37.6. The van der Waals surface area contributed by atoms with Crippen LogP contribution in [0, 0.1) is 5.92 Å². The molecule has 276 valence electrons. The van der Waals surface area contributed by atoms with Crippen molar-refractivity contribution in [2.45, 2.75) is 70.4 Å². The maximum Gasteiger partial charge on any atom is 0.408 e. The Hall–Kier alpha value is -6.01. The first kappa shape index (κ1) is 38.2. The van der Waals surface area contributed by atoms with Gasteiger partial charge in [-0.3, -0.25) is 14.4 Å². The van der Waals surface area contributed by atoms with E-state index >= 15 is 0 Å². The van der Waals surface area contributed by atoms with Crippen molar-refractivity contribution in [1.82, 2.24) is 25.9 Å². The quantitative estimate of drug-likeness (QED) is 0.0659. The van der Waals surface area contributed by atoms with E-state index in [2.05, 4.69) is 25.9 Å². The molecule has 0 aliphatic carbocycles. The first-order valence-corrected chi connectivity index (χ1v) is 17.6. The lowest BCUT2D eigenvalue weighted by atomic mass is 9.96. The number of H-pyrrole nitrogens is 1. The number of aliphatic hydroxyl groups excluding tert-OH is 1. The lowest BCUT2D eigenvalue weighted by Crippen LogP contribution is -2.57. The number of imidazole rings is 1. The van der Waals surface area contributed by atoms with Crippen LogP contribution in [-0.4, -0.2) is 63.2 Å². The Labute approximate surface area is 308 Å². The number of nitrogens with zero attached hydrogens (tertiary/aromatic N) is 1. The number of esters is 1. The first-order chi connectivity index (χ1) is 25.6. The second kappa shape index (κ2) is 19.0. The fraction of sp³-hybridized carbons (Fsp3) is 0.293. The van der Waals surface area contributed by atoms with E-state index < -0.39 is 48.1 Å². The third-order valence-corrected chi connectivity index (χ3v) is 8.59. The van der Waals surface area contributed by atoms with Gasteiger partial charge in [0, 0.05) is 19.0 Å². The summed E-state index contributed by atoms with van der Waals surface area (Å²) in [6, 6.07) is 28.0. The van der Waals surface area contributed by atoms with Gasteiger partial charge >= 0.3 is 12.1 Å². The van der Waals surface area contributed by atoms with Gasteiger partial charge in [-0.25, -0.2) is 9.78 Å². The molecule has 3 amide bonds. The molecule has 4 atom stereocenters. The molecule has 0 saturated carbocycles. The van der Waals surface area contributed by atoms with Crippen LogP contribution in [0.4, 0.5) is 4.79 Å². The molecule has 1 heterocycles. The molecule has 2 unspecified atom stereocenters. The molecular formula is C41H45N5O7. The minimum atomic E-state index is -1.28. The van der Waals surface area contributed by atoms with Gasteiger partial charge in [-0.05, 0) is 46.4 Å². The van der Waals surface area contributed by atoms with Gasteiger partial charge in [-0.1, -0.05) is 105 Å². The van der Waals surface area contributed by atoms with E-state index in [4.69, 9.17) is 9.47 Å². The molecule has 0 aliphatic rings. The van der Waals surface area contributed by atoms with Gasteiger partial charge in [0.2, 0.25) is 11.8 Å². The number of aliphatic hydroxyl groups is 1. The van der Waals surface area contributed by atoms with Gasteiger partial charge < -0.3 is 35.5 Å². The van der Waals surface area contributed by atoms with Crippen LogP contribution >= 0.6 is 0 Å². The Bertz CT molecular complexity index is 1930. The highest BCUT2D eigenvalue weighted by molar-refractivity contribution is 5.93. The van der Waals surface area contributed by atoms with Crippen LogP contribution in [0.2, 0.25) is 0 Å². The average Bonchev–Trinajstić information content (AvgIpc) is 3.67. The molecule has 5 aromatic rings. The zero-order valence-corrected chi connectivity index (χ0v) is 29.7. The molecule has 12 heteroatoms. The highest BCUT2D eigenvalue weighted by Crippen LogP contribution is 2.21. The van der Waals surface area contributed by atoms with E-state index in [-0.39, 0.29) is 31.8 Å². The number of nitrogens with one attached hydrogen (secondary N) is 4. The van der Waals surface area contributed by atoms with Crippen molar-refractivity contribution in [3.05, 3.63) is 132 Å². The summed E-state index contributed by atoms with van der Waals surface area (Å²) in [5.41, 5.74) is 2.08. The molecular weight excluding hydrogens is 674 g/mol. The molecule has 12 nitrogen and oxygen atoms in total. The number of hydrogen-bond acceptors (Lipinski definition) is 8. The van der Waals surface area contributed by atoms with Crippen molar-refractivity contribution in [1.29, 1.82) is 0 Å². The number of alkyl carbamates (subject to hydrolysis) is 1. The number of aromatic amines is 1.